The van der Waals surface area contributed by atoms with Crippen LogP contribution in [-0.2, 0) is 9.53 Å². The van der Waals surface area contributed by atoms with E-state index in [0.717, 1.165) is 13.1 Å². The molecule has 94 valence electrons. The van der Waals surface area contributed by atoms with Crippen molar-refractivity contribution in [3.05, 3.63) is 0 Å². The smallest absolute Gasteiger partial charge is 0.248 e. The van der Waals surface area contributed by atoms with Gasteiger partial charge in [0.2, 0.25) is 5.91 Å². The normalized spacial score (nSPS) is 17.0. The second-order valence-electron chi connectivity index (χ2n) is 4.72. The van der Waals surface area contributed by atoms with E-state index in [1.807, 2.05) is 20.9 Å². The van der Waals surface area contributed by atoms with Gasteiger partial charge in [-0.1, -0.05) is 0 Å². The Labute approximate surface area is 98.5 Å². The van der Waals surface area contributed by atoms with Crippen LogP contribution in [0.3, 0.4) is 0 Å². The Balaban J connectivity index is 2.12. The van der Waals surface area contributed by atoms with Crippen LogP contribution in [0.5, 0.6) is 0 Å². The minimum atomic E-state index is 0.0768. The Morgan fingerprint density at radius 2 is 2.00 bits per heavy atom. The summed E-state index contributed by atoms with van der Waals surface area (Å²) in [6, 6.07) is 0. The summed E-state index contributed by atoms with van der Waals surface area (Å²) in [4.78, 5) is 15.8. The second-order valence-corrected chi connectivity index (χ2v) is 4.72. The third-order valence-corrected chi connectivity index (χ3v) is 2.92. The van der Waals surface area contributed by atoms with Gasteiger partial charge in [0.15, 0.2) is 0 Å². The summed E-state index contributed by atoms with van der Waals surface area (Å²) < 4.78 is 5.29. The van der Waals surface area contributed by atoms with Crippen molar-refractivity contribution in [3.8, 4) is 0 Å². The van der Waals surface area contributed by atoms with E-state index in [1.54, 1.807) is 4.90 Å². The van der Waals surface area contributed by atoms with Gasteiger partial charge in [0.1, 0.15) is 6.61 Å². The third kappa shape index (κ3) is 4.94. The first-order chi connectivity index (χ1) is 7.59. The van der Waals surface area contributed by atoms with Gasteiger partial charge in [-0.3, -0.25) is 4.79 Å². The molecular formula is C12H24N2O2. The third-order valence-electron chi connectivity index (χ3n) is 2.92. The van der Waals surface area contributed by atoms with E-state index in [0.29, 0.717) is 0 Å². The molecule has 1 rings (SSSR count). The van der Waals surface area contributed by atoms with Crippen LogP contribution in [0.15, 0.2) is 0 Å². The quantitative estimate of drug-likeness (QED) is 0.679. The topological polar surface area (TPSA) is 32.8 Å². The van der Waals surface area contributed by atoms with Gasteiger partial charge in [0, 0.05) is 20.1 Å². The van der Waals surface area contributed by atoms with E-state index in [4.69, 9.17) is 4.74 Å². The summed E-state index contributed by atoms with van der Waals surface area (Å²) >= 11 is 0. The highest BCUT2D eigenvalue weighted by molar-refractivity contribution is 5.77. The zero-order chi connectivity index (χ0) is 12.0. The Bertz CT molecular complexity index is 213. The van der Waals surface area contributed by atoms with E-state index in [2.05, 4.69) is 4.90 Å². The average molecular weight is 228 g/mol. The van der Waals surface area contributed by atoms with Crippen LogP contribution in [0.25, 0.3) is 0 Å². The molecule has 0 aliphatic carbocycles. The zero-order valence-electron chi connectivity index (χ0n) is 10.7. The minimum Gasteiger partial charge on any atom is -0.369 e. The minimum absolute atomic E-state index is 0.0768. The number of rotatable bonds is 6. The summed E-state index contributed by atoms with van der Waals surface area (Å²) in [6.45, 7) is 8.25. The average Bonchev–Trinajstić information content (AvgIpc) is 2.75. The van der Waals surface area contributed by atoms with Gasteiger partial charge in [0.25, 0.3) is 0 Å². The number of nitrogens with zero attached hydrogens (tertiary/aromatic N) is 2. The first-order valence-corrected chi connectivity index (χ1v) is 6.17. The molecule has 1 amide bonds. The number of carbonyl (C=O) groups excluding carboxylic acids is 1. The summed E-state index contributed by atoms with van der Waals surface area (Å²) in [6.07, 6.45) is 2.72. The maximum atomic E-state index is 11.6. The summed E-state index contributed by atoms with van der Waals surface area (Å²) in [7, 11) is 1.85. The van der Waals surface area contributed by atoms with E-state index >= 15 is 0 Å². The lowest BCUT2D eigenvalue weighted by atomic mass is 10.4. The fraction of sp³-hybridized carbons (Fsp3) is 0.917. The van der Waals surface area contributed by atoms with Crippen molar-refractivity contribution < 1.29 is 9.53 Å². The number of likely N-dealkylation sites (tertiary alicyclic amines) is 1. The molecule has 0 N–H and O–H groups in total. The Kier molecular flexibility index (Phi) is 5.77. The molecule has 4 heteroatoms. The Hall–Kier alpha value is -0.610. The number of hydrogen-bond acceptors (Lipinski definition) is 3. The van der Waals surface area contributed by atoms with E-state index in [1.165, 1.54) is 25.9 Å². The molecule has 0 aromatic carbocycles. The van der Waals surface area contributed by atoms with Crippen LogP contribution in [-0.4, -0.2) is 61.6 Å². The van der Waals surface area contributed by atoms with Crippen molar-refractivity contribution in [2.75, 3.05) is 39.8 Å². The van der Waals surface area contributed by atoms with Crippen LogP contribution < -0.4 is 0 Å². The SMILES string of the molecule is CC(C)OCC(=O)N(C)CCN1CCCC1. The van der Waals surface area contributed by atoms with Gasteiger partial charge in [-0.2, -0.15) is 0 Å². The monoisotopic (exact) mass is 228 g/mol. The molecule has 1 aliphatic heterocycles. The maximum Gasteiger partial charge on any atom is 0.248 e. The van der Waals surface area contributed by atoms with Crippen molar-refractivity contribution >= 4 is 5.91 Å². The van der Waals surface area contributed by atoms with Gasteiger partial charge < -0.3 is 14.5 Å². The first kappa shape index (κ1) is 13.5. The van der Waals surface area contributed by atoms with Gasteiger partial charge in [0.05, 0.1) is 6.10 Å². The predicted molar refractivity (Wildman–Crippen MR) is 64.4 cm³/mol. The predicted octanol–water partition coefficient (Wildman–Crippen LogP) is 0.966. The molecule has 1 heterocycles. The van der Waals surface area contributed by atoms with E-state index in [-0.39, 0.29) is 18.6 Å². The first-order valence-electron chi connectivity index (χ1n) is 6.17. The lowest BCUT2D eigenvalue weighted by Gasteiger charge is -2.21. The highest BCUT2D eigenvalue weighted by Crippen LogP contribution is 2.06. The van der Waals surface area contributed by atoms with Crippen molar-refractivity contribution in [1.29, 1.82) is 0 Å². The summed E-state index contributed by atoms with van der Waals surface area (Å²) in [5.41, 5.74) is 0. The van der Waals surface area contributed by atoms with Gasteiger partial charge >= 0.3 is 0 Å². The Morgan fingerprint density at radius 3 is 2.56 bits per heavy atom. The molecule has 1 aliphatic rings. The van der Waals surface area contributed by atoms with E-state index < -0.39 is 0 Å². The molecule has 1 saturated heterocycles. The van der Waals surface area contributed by atoms with Gasteiger partial charge in [-0.25, -0.2) is 0 Å². The molecule has 0 spiro atoms. The van der Waals surface area contributed by atoms with Crippen LogP contribution in [0.2, 0.25) is 0 Å². The molecule has 0 unspecified atom stereocenters. The molecule has 0 saturated carbocycles. The number of hydrogen-bond donors (Lipinski definition) is 0. The Morgan fingerprint density at radius 1 is 1.38 bits per heavy atom. The fourth-order valence-corrected chi connectivity index (χ4v) is 1.77. The molecule has 0 aromatic rings. The number of amides is 1. The summed E-state index contributed by atoms with van der Waals surface area (Å²) in [5.74, 6) is 0.0768. The highest BCUT2D eigenvalue weighted by atomic mass is 16.5. The van der Waals surface area contributed by atoms with Crippen LogP contribution >= 0.6 is 0 Å². The van der Waals surface area contributed by atoms with Crippen molar-refractivity contribution in [3.63, 3.8) is 0 Å². The van der Waals surface area contributed by atoms with Gasteiger partial charge in [-0.05, 0) is 39.8 Å². The summed E-state index contributed by atoms with van der Waals surface area (Å²) in [5, 5.41) is 0. The van der Waals surface area contributed by atoms with Crippen LogP contribution in [0.1, 0.15) is 26.7 Å². The molecule has 4 nitrogen and oxygen atoms in total. The van der Waals surface area contributed by atoms with Crippen molar-refractivity contribution in [2.45, 2.75) is 32.8 Å². The van der Waals surface area contributed by atoms with Crippen LogP contribution in [0.4, 0.5) is 0 Å². The highest BCUT2D eigenvalue weighted by Gasteiger charge is 2.14. The maximum absolute atomic E-state index is 11.6. The van der Waals surface area contributed by atoms with Crippen LogP contribution in [0, 0.1) is 0 Å². The lowest BCUT2D eigenvalue weighted by Crippen LogP contribution is -2.37. The lowest BCUT2D eigenvalue weighted by molar-refractivity contribution is -0.136. The largest absolute Gasteiger partial charge is 0.369 e. The number of likely N-dealkylation sites (N-methyl/N-ethyl adjacent to an activating group) is 1. The van der Waals surface area contributed by atoms with Crippen molar-refractivity contribution in [2.24, 2.45) is 0 Å². The number of carbonyl (C=O) groups is 1. The fourth-order valence-electron chi connectivity index (χ4n) is 1.77. The second kappa shape index (κ2) is 6.86. The molecule has 0 aromatic heterocycles. The zero-order valence-corrected chi connectivity index (χ0v) is 10.7. The molecular weight excluding hydrogens is 204 g/mol. The van der Waals surface area contributed by atoms with E-state index in [9.17, 15) is 4.79 Å². The van der Waals surface area contributed by atoms with Gasteiger partial charge in [-0.15, -0.1) is 0 Å². The standard InChI is InChI=1S/C12H24N2O2/c1-11(2)16-10-12(15)13(3)8-9-14-6-4-5-7-14/h11H,4-10H2,1-3H3. The molecule has 0 radical (unpaired) electrons. The molecule has 0 atom stereocenters. The number of ether oxygens (including phenoxy) is 1. The van der Waals surface area contributed by atoms with Crippen molar-refractivity contribution in [1.82, 2.24) is 9.80 Å². The molecule has 1 fully saturated rings. The molecule has 0 bridgehead atoms. The molecule has 16 heavy (non-hydrogen) atoms.